The molecule has 2 aromatic rings. The highest BCUT2D eigenvalue weighted by molar-refractivity contribution is 5.47. The first-order valence-corrected chi connectivity index (χ1v) is 6.27. The van der Waals surface area contributed by atoms with Gasteiger partial charge in [-0.1, -0.05) is 32.1 Å². The molecule has 5 heteroatoms. The smallest absolute Gasteiger partial charge is 0.272 e. The standard InChI is InChI=1S/C15H15FN2O2/c1-9(2)6-12-14(19)18-13(15(20)17-12)8-10-4-3-5-11(16)7-10/h3-9H,1-2H3,(H,17,20)(H,18,19)/b12-6-,13-8-. The minimum Gasteiger partial charge on any atom is -0.316 e. The molecule has 0 radical (unpaired) electrons. The fourth-order valence-corrected chi connectivity index (χ4v) is 1.81. The van der Waals surface area contributed by atoms with Crippen LogP contribution in [0.1, 0.15) is 19.4 Å². The number of aromatic amines is 2. The highest BCUT2D eigenvalue weighted by atomic mass is 19.1. The van der Waals surface area contributed by atoms with Crippen molar-refractivity contribution in [2.24, 2.45) is 5.92 Å². The average Bonchev–Trinajstić information content (AvgIpc) is 2.35. The van der Waals surface area contributed by atoms with Crippen molar-refractivity contribution in [2.75, 3.05) is 0 Å². The molecule has 20 heavy (non-hydrogen) atoms. The van der Waals surface area contributed by atoms with Gasteiger partial charge in [-0.3, -0.25) is 9.59 Å². The zero-order valence-corrected chi connectivity index (χ0v) is 11.2. The predicted molar refractivity (Wildman–Crippen MR) is 76.2 cm³/mol. The van der Waals surface area contributed by atoms with Crippen LogP contribution in [0.2, 0.25) is 0 Å². The molecular weight excluding hydrogens is 259 g/mol. The topological polar surface area (TPSA) is 65.7 Å². The van der Waals surface area contributed by atoms with Gasteiger partial charge in [-0.2, -0.15) is 0 Å². The Morgan fingerprint density at radius 2 is 1.75 bits per heavy atom. The van der Waals surface area contributed by atoms with E-state index in [2.05, 4.69) is 9.97 Å². The molecule has 0 spiro atoms. The van der Waals surface area contributed by atoms with Gasteiger partial charge in [-0.25, -0.2) is 4.39 Å². The Morgan fingerprint density at radius 3 is 2.40 bits per heavy atom. The minimum atomic E-state index is -0.416. The Hall–Kier alpha value is -2.43. The van der Waals surface area contributed by atoms with Crippen molar-refractivity contribution in [1.29, 1.82) is 0 Å². The van der Waals surface area contributed by atoms with Gasteiger partial charge in [-0.15, -0.1) is 0 Å². The van der Waals surface area contributed by atoms with Crippen LogP contribution in [-0.2, 0) is 0 Å². The minimum absolute atomic E-state index is 0.0986. The van der Waals surface area contributed by atoms with Crippen LogP contribution in [0.3, 0.4) is 0 Å². The number of rotatable bonds is 2. The number of aromatic nitrogens is 2. The summed E-state index contributed by atoms with van der Waals surface area (Å²) < 4.78 is 13.1. The molecule has 0 saturated heterocycles. The number of hydrogen-bond donors (Lipinski definition) is 2. The normalized spacial score (nSPS) is 13.2. The SMILES string of the molecule is CC(C)/C=c1\[nH]c(=O)/c(=C/c2cccc(F)c2)[nH]c1=O. The quantitative estimate of drug-likeness (QED) is 0.836. The first-order chi connectivity index (χ1) is 9.45. The van der Waals surface area contributed by atoms with Crippen molar-refractivity contribution in [3.8, 4) is 0 Å². The molecule has 0 aliphatic heterocycles. The Kier molecular flexibility index (Phi) is 3.98. The maximum absolute atomic E-state index is 13.1. The second-order valence-corrected chi connectivity index (χ2v) is 4.85. The van der Waals surface area contributed by atoms with Crippen LogP contribution < -0.4 is 21.8 Å². The first kappa shape index (κ1) is 14.0. The second-order valence-electron chi connectivity index (χ2n) is 4.85. The zero-order valence-electron chi connectivity index (χ0n) is 11.2. The number of benzene rings is 1. The highest BCUT2D eigenvalue weighted by Crippen LogP contribution is 2.02. The number of halogens is 1. The van der Waals surface area contributed by atoms with Crippen molar-refractivity contribution in [2.45, 2.75) is 13.8 Å². The van der Waals surface area contributed by atoms with Gasteiger partial charge >= 0.3 is 0 Å². The van der Waals surface area contributed by atoms with Gasteiger partial charge < -0.3 is 9.97 Å². The Morgan fingerprint density at radius 1 is 1.10 bits per heavy atom. The van der Waals surface area contributed by atoms with Gasteiger partial charge in [0, 0.05) is 0 Å². The Balaban J connectivity index is 2.64. The Bertz CT molecular complexity index is 847. The third-order valence-corrected chi connectivity index (χ3v) is 2.65. The summed E-state index contributed by atoms with van der Waals surface area (Å²) in [7, 11) is 0. The van der Waals surface area contributed by atoms with Gasteiger partial charge in [0.05, 0.1) is 0 Å². The summed E-state index contributed by atoms with van der Waals surface area (Å²) in [5.74, 6) is -0.257. The van der Waals surface area contributed by atoms with Crippen molar-refractivity contribution >= 4 is 12.2 Å². The maximum Gasteiger partial charge on any atom is 0.272 e. The van der Waals surface area contributed by atoms with E-state index in [1.54, 1.807) is 12.1 Å². The third-order valence-electron chi connectivity index (χ3n) is 2.65. The van der Waals surface area contributed by atoms with Crippen molar-refractivity contribution in [3.05, 3.63) is 67.1 Å². The van der Waals surface area contributed by atoms with E-state index in [1.807, 2.05) is 13.8 Å². The van der Waals surface area contributed by atoms with Crippen LogP contribution in [0.5, 0.6) is 0 Å². The zero-order chi connectivity index (χ0) is 14.7. The number of nitrogens with one attached hydrogen (secondary N) is 2. The maximum atomic E-state index is 13.1. The molecule has 0 unspecified atom stereocenters. The molecule has 0 amide bonds. The molecule has 0 bridgehead atoms. The lowest BCUT2D eigenvalue weighted by molar-refractivity contribution is 0.627. The lowest BCUT2D eigenvalue weighted by Crippen LogP contribution is -2.47. The van der Waals surface area contributed by atoms with Gasteiger partial charge in [0.15, 0.2) is 0 Å². The van der Waals surface area contributed by atoms with E-state index in [9.17, 15) is 14.0 Å². The molecule has 2 N–H and O–H groups in total. The molecular formula is C15H15FN2O2. The fraction of sp³-hybridized carbons (Fsp3) is 0.200. The van der Waals surface area contributed by atoms with Crippen LogP contribution in [0.4, 0.5) is 4.39 Å². The van der Waals surface area contributed by atoms with Crippen LogP contribution in [-0.4, -0.2) is 9.97 Å². The van der Waals surface area contributed by atoms with Gasteiger partial charge in [0.1, 0.15) is 16.5 Å². The molecule has 2 rings (SSSR count). The van der Waals surface area contributed by atoms with Crippen molar-refractivity contribution in [1.82, 2.24) is 9.97 Å². The van der Waals surface area contributed by atoms with Crippen LogP contribution in [0.25, 0.3) is 12.2 Å². The van der Waals surface area contributed by atoms with Gasteiger partial charge in [-0.05, 0) is 29.7 Å². The van der Waals surface area contributed by atoms with Crippen molar-refractivity contribution in [3.63, 3.8) is 0 Å². The molecule has 104 valence electrons. The summed E-state index contributed by atoms with van der Waals surface area (Å²) in [6, 6.07) is 5.78. The third kappa shape index (κ3) is 3.32. The van der Waals surface area contributed by atoms with E-state index in [0.717, 1.165) is 0 Å². The largest absolute Gasteiger partial charge is 0.316 e. The van der Waals surface area contributed by atoms with Gasteiger partial charge in [0.25, 0.3) is 11.1 Å². The summed E-state index contributed by atoms with van der Waals surface area (Å²) in [6.07, 6.45) is 3.11. The lowest BCUT2D eigenvalue weighted by Gasteiger charge is -1.95. The summed E-state index contributed by atoms with van der Waals surface area (Å²) in [4.78, 5) is 28.8. The molecule has 1 aromatic heterocycles. The van der Waals surface area contributed by atoms with E-state index in [-0.39, 0.29) is 22.2 Å². The molecule has 0 aliphatic carbocycles. The summed E-state index contributed by atoms with van der Waals surface area (Å²) in [5.41, 5.74) is -0.284. The van der Waals surface area contributed by atoms with E-state index in [1.165, 1.54) is 24.3 Å². The van der Waals surface area contributed by atoms with Gasteiger partial charge in [0.2, 0.25) is 0 Å². The summed E-state index contributed by atoms with van der Waals surface area (Å²) >= 11 is 0. The highest BCUT2D eigenvalue weighted by Gasteiger charge is 1.98. The summed E-state index contributed by atoms with van der Waals surface area (Å²) in [6.45, 7) is 3.81. The molecule has 1 aromatic carbocycles. The molecule has 0 aliphatic rings. The Labute approximate surface area is 114 Å². The molecule has 4 nitrogen and oxygen atoms in total. The summed E-state index contributed by atoms with van der Waals surface area (Å²) in [5, 5.41) is 0.336. The van der Waals surface area contributed by atoms with Crippen LogP contribution in [0, 0.1) is 11.7 Å². The van der Waals surface area contributed by atoms with Crippen LogP contribution >= 0.6 is 0 Å². The average molecular weight is 274 g/mol. The van der Waals surface area contributed by atoms with E-state index in [4.69, 9.17) is 0 Å². The van der Waals surface area contributed by atoms with Crippen LogP contribution in [0.15, 0.2) is 33.9 Å². The van der Waals surface area contributed by atoms with E-state index < -0.39 is 11.4 Å². The molecule has 0 atom stereocenters. The first-order valence-electron chi connectivity index (χ1n) is 6.27. The molecule has 1 heterocycles. The van der Waals surface area contributed by atoms with E-state index >= 15 is 0 Å². The second kappa shape index (κ2) is 5.69. The lowest BCUT2D eigenvalue weighted by atomic mass is 10.2. The molecule has 0 saturated carbocycles. The number of hydrogen-bond acceptors (Lipinski definition) is 2. The monoisotopic (exact) mass is 274 g/mol. The fourth-order valence-electron chi connectivity index (χ4n) is 1.81. The van der Waals surface area contributed by atoms with E-state index in [0.29, 0.717) is 5.56 Å². The molecule has 0 fully saturated rings. The van der Waals surface area contributed by atoms with Crippen molar-refractivity contribution < 1.29 is 4.39 Å². The predicted octanol–water partition coefficient (Wildman–Crippen LogP) is 0.468. The number of H-pyrrole nitrogens is 2.